The normalized spacial score (nSPS) is 30.7. The molecule has 106 valence electrons. The number of anilines is 1. The Bertz CT molecular complexity index is 518. The third-order valence-corrected chi connectivity index (χ3v) is 3.01. The maximum Gasteiger partial charge on any atom is 0.279 e. The first-order valence-electron chi connectivity index (χ1n) is 5.60. The van der Waals surface area contributed by atoms with E-state index in [4.69, 9.17) is 20.7 Å². The maximum absolute atomic E-state index is 11.3. The van der Waals surface area contributed by atoms with Crippen molar-refractivity contribution in [3.8, 4) is 0 Å². The van der Waals surface area contributed by atoms with Crippen LogP contribution in [0.25, 0.3) is 0 Å². The molecule has 2 heterocycles. The summed E-state index contributed by atoms with van der Waals surface area (Å²) in [6.45, 7) is -1.02. The molecule has 0 amide bonds. The Morgan fingerprint density at radius 3 is 2.58 bits per heavy atom. The zero-order chi connectivity index (χ0) is 14.2. The van der Waals surface area contributed by atoms with E-state index in [9.17, 15) is 15.0 Å². The second-order valence-corrected chi connectivity index (χ2v) is 4.22. The lowest BCUT2D eigenvalue weighted by Crippen LogP contribution is -2.34. The molecular formula is C10H15N3O6. The molecule has 0 bridgehead atoms. The summed E-state index contributed by atoms with van der Waals surface area (Å²) in [6.07, 6.45) is -3.48. The number of rotatable bonds is 3. The molecule has 1 fully saturated rings. The second kappa shape index (κ2) is 5.23. The lowest BCUT2D eigenvalue weighted by molar-refractivity contribution is -0.0524. The van der Waals surface area contributed by atoms with Crippen LogP contribution in [0.5, 0.6) is 0 Å². The molecule has 0 radical (unpaired) electrons. The molecular weight excluding hydrogens is 258 g/mol. The minimum atomic E-state index is -1.34. The first kappa shape index (κ1) is 13.9. The fourth-order valence-corrected chi connectivity index (χ4v) is 1.94. The zero-order valence-electron chi connectivity index (χ0n) is 9.88. The van der Waals surface area contributed by atoms with E-state index in [1.807, 2.05) is 0 Å². The Hall–Kier alpha value is -1.52. The van der Waals surface area contributed by atoms with Gasteiger partial charge in [-0.05, 0) is 0 Å². The van der Waals surface area contributed by atoms with Gasteiger partial charge in [-0.25, -0.2) is 0 Å². The Morgan fingerprint density at radius 2 is 2.05 bits per heavy atom. The van der Waals surface area contributed by atoms with Gasteiger partial charge in [-0.1, -0.05) is 0 Å². The van der Waals surface area contributed by atoms with Crippen LogP contribution >= 0.6 is 0 Å². The highest BCUT2D eigenvalue weighted by Gasteiger charge is 2.43. The molecule has 1 aliphatic rings. The molecule has 4 atom stereocenters. The highest BCUT2D eigenvalue weighted by atomic mass is 16.6. The molecule has 19 heavy (non-hydrogen) atoms. The lowest BCUT2D eigenvalue weighted by atomic mass is 10.1. The van der Waals surface area contributed by atoms with Gasteiger partial charge in [-0.2, -0.15) is 4.98 Å². The number of aliphatic hydroxyl groups excluding tert-OH is 4. The summed E-state index contributed by atoms with van der Waals surface area (Å²) >= 11 is 0. The van der Waals surface area contributed by atoms with Gasteiger partial charge in [0.1, 0.15) is 18.3 Å². The molecule has 0 spiro atoms. The average molecular weight is 273 g/mol. The van der Waals surface area contributed by atoms with Gasteiger partial charge in [0.15, 0.2) is 6.23 Å². The molecule has 6 N–H and O–H groups in total. The van der Waals surface area contributed by atoms with Gasteiger partial charge in [0.25, 0.3) is 5.56 Å². The maximum atomic E-state index is 11.3. The Labute approximate surface area is 107 Å². The second-order valence-electron chi connectivity index (χ2n) is 4.22. The third kappa shape index (κ3) is 2.33. The van der Waals surface area contributed by atoms with Crippen LogP contribution in [0, 0.1) is 0 Å². The van der Waals surface area contributed by atoms with Crippen LogP contribution in [0.15, 0.2) is 11.0 Å². The van der Waals surface area contributed by atoms with Crippen molar-refractivity contribution in [3.63, 3.8) is 0 Å². The topological polar surface area (TPSA) is 151 Å². The number of nitrogens with two attached hydrogens (primary N) is 1. The zero-order valence-corrected chi connectivity index (χ0v) is 9.88. The summed E-state index contributed by atoms with van der Waals surface area (Å²) in [5.74, 6) is -0.225. The number of aliphatic hydroxyl groups is 4. The molecule has 9 heteroatoms. The van der Waals surface area contributed by atoms with E-state index < -0.39 is 43.3 Å². The Balaban J connectivity index is 2.40. The van der Waals surface area contributed by atoms with Gasteiger partial charge in [-0.3, -0.25) is 9.36 Å². The van der Waals surface area contributed by atoms with Crippen LogP contribution in [0.4, 0.5) is 5.95 Å². The van der Waals surface area contributed by atoms with Gasteiger partial charge in [0, 0.05) is 6.20 Å². The molecule has 1 aromatic heterocycles. The fourth-order valence-electron chi connectivity index (χ4n) is 1.94. The highest BCUT2D eigenvalue weighted by molar-refractivity contribution is 5.22. The monoisotopic (exact) mass is 273 g/mol. The van der Waals surface area contributed by atoms with Gasteiger partial charge in [-0.15, -0.1) is 0 Å². The van der Waals surface area contributed by atoms with Crippen LogP contribution in [0.2, 0.25) is 0 Å². The number of ether oxygens (including phenoxy) is 1. The van der Waals surface area contributed by atoms with E-state index in [0.29, 0.717) is 0 Å². The minimum Gasteiger partial charge on any atom is -0.394 e. The van der Waals surface area contributed by atoms with Crippen molar-refractivity contribution in [3.05, 3.63) is 22.1 Å². The molecule has 0 aliphatic carbocycles. The smallest absolute Gasteiger partial charge is 0.279 e. The van der Waals surface area contributed by atoms with E-state index in [1.54, 1.807) is 0 Å². The first-order valence-corrected chi connectivity index (χ1v) is 5.60. The van der Waals surface area contributed by atoms with Crippen molar-refractivity contribution in [1.29, 1.82) is 0 Å². The van der Waals surface area contributed by atoms with Crippen molar-refractivity contribution < 1.29 is 25.2 Å². The third-order valence-electron chi connectivity index (χ3n) is 3.01. The molecule has 0 aromatic carbocycles. The SMILES string of the molecule is Nc1nc(=O)c(CO)cn1[C@@H]1O[C@H](CO)[C@@H](O)[C@H]1O. The quantitative estimate of drug-likeness (QED) is 0.389. The van der Waals surface area contributed by atoms with Gasteiger partial charge >= 0.3 is 0 Å². The molecule has 9 nitrogen and oxygen atoms in total. The highest BCUT2D eigenvalue weighted by Crippen LogP contribution is 2.30. The average Bonchev–Trinajstić information content (AvgIpc) is 2.67. The van der Waals surface area contributed by atoms with Crippen LogP contribution in [-0.4, -0.2) is 54.9 Å². The van der Waals surface area contributed by atoms with E-state index in [0.717, 1.165) is 4.57 Å². The Morgan fingerprint density at radius 1 is 1.37 bits per heavy atom. The van der Waals surface area contributed by atoms with E-state index >= 15 is 0 Å². The van der Waals surface area contributed by atoms with E-state index in [-0.39, 0.29) is 11.5 Å². The number of nitrogen functional groups attached to an aromatic ring is 1. The summed E-state index contributed by atoms with van der Waals surface area (Å²) < 4.78 is 6.39. The summed E-state index contributed by atoms with van der Waals surface area (Å²) in [5.41, 5.74) is 4.86. The van der Waals surface area contributed by atoms with Crippen LogP contribution in [0.1, 0.15) is 11.8 Å². The summed E-state index contributed by atoms with van der Waals surface area (Å²) in [5, 5.41) is 37.5. The van der Waals surface area contributed by atoms with Gasteiger partial charge in [0.2, 0.25) is 5.95 Å². The van der Waals surface area contributed by atoms with Crippen molar-refractivity contribution in [2.75, 3.05) is 12.3 Å². The fraction of sp³-hybridized carbons (Fsp3) is 0.600. The molecule has 1 saturated heterocycles. The number of hydrogen-bond donors (Lipinski definition) is 5. The van der Waals surface area contributed by atoms with Gasteiger partial charge < -0.3 is 30.9 Å². The first-order chi connectivity index (χ1) is 8.99. The number of hydrogen-bond acceptors (Lipinski definition) is 8. The van der Waals surface area contributed by atoms with Crippen LogP contribution in [-0.2, 0) is 11.3 Å². The Kier molecular flexibility index (Phi) is 3.83. The molecule has 1 aliphatic heterocycles. The predicted octanol–water partition coefficient (Wildman–Crippen LogP) is -3.07. The minimum absolute atomic E-state index is 0.0214. The molecule has 2 rings (SSSR count). The molecule has 0 unspecified atom stereocenters. The summed E-state index contributed by atoms with van der Waals surface area (Å²) in [7, 11) is 0. The van der Waals surface area contributed by atoms with Crippen molar-refractivity contribution >= 4 is 5.95 Å². The van der Waals surface area contributed by atoms with Crippen molar-refractivity contribution in [2.45, 2.75) is 31.1 Å². The molecule has 1 aromatic rings. The van der Waals surface area contributed by atoms with E-state index in [2.05, 4.69) is 4.98 Å². The van der Waals surface area contributed by atoms with Crippen molar-refractivity contribution in [1.82, 2.24) is 9.55 Å². The van der Waals surface area contributed by atoms with E-state index in [1.165, 1.54) is 6.20 Å². The summed E-state index contributed by atoms with van der Waals surface area (Å²) in [6, 6.07) is 0. The van der Waals surface area contributed by atoms with Crippen molar-refractivity contribution in [2.24, 2.45) is 0 Å². The van der Waals surface area contributed by atoms with Crippen LogP contribution < -0.4 is 11.3 Å². The lowest BCUT2D eigenvalue weighted by Gasteiger charge is -2.20. The number of nitrogens with zero attached hydrogens (tertiary/aromatic N) is 2. The van der Waals surface area contributed by atoms with Crippen LogP contribution in [0.3, 0.4) is 0 Å². The summed E-state index contributed by atoms with van der Waals surface area (Å²) in [4.78, 5) is 14.8. The molecule has 0 saturated carbocycles. The largest absolute Gasteiger partial charge is 0.394 e. The van der Waals surface area contributed by atoms with Gasteiger partial charge in [0.05, 0.1) is 18.8 Å². The predicted molar refractivity (Wildman–Crippen MR) is 61.8 cm³/mol. The standard InChI is InChI=1S/C10H15N3O6/c11-10-12-8(18)4(2-14)1-13(10)9-7(17)6(16)5(3-15)19-9/h1,5-7,9,14-17H,2-3H2,(H2,11,12,18)/t5-,6-,7-,9-/m1/s1. The number of aromatic nitrogens is 2.